The van der Waals surface area contributed by atoms with Crippen molar-refractivity contribution in [2.45, 2.75) is 18.7 Å². The average molecular weight is 269 g/mol. The molecule has 0 saturated heterocycles. The minimum absolute atomic E-state index is 0.0954. The van der Waals surface area contributed by atoms with E-state index in [1.54, 1.807) is 24.8 Å². The molecule has 0 bridgehead atoms. The van der Waals surface area contributed by atoms with Crippen LogP contribution in [0.1, 0.15) is 13.8 Å². The molecule has 1 aliphatic rings. The Kier molecular flexibility index (Phi) is 3.07. The highest BCUT2D eigenvalue weighted by Gasteiger charge is 2.26. The Labute approximate surface area is 117 Å². The Morgan fingerprint density at radius 1 is 1.26 bits per heavy atom. The molecular formula is C16H15NOS. The van der Waals surface area contributed by atoms with E-state index < -0.39 is 0 Å². The second kappa shape index (κ2) is 4.74. The summed E-state index contributed by atoms with van der Waals surface area (Å²) in [5.41, 5.74) is 1.23. The van der Waals surface area contributed by atoms with Crippen LogP contribution in [0.2, 0.25) is 0 Å². The first-order valence-corrected chi connectivity index (χ1v) is 7.21. The van der Waals surface area contributed by atoms with Gasteiger partial charge >= 0.3 is 0 Å². The van der Waals surface area contributed by atoms with Crippen molar-refractivity contribution in [3.63, 3.8) is 0 Å². The number of hydrogen-bond donors (Lipinski definition) is 0. The molecule has 2 nitrogen and oxygen atoms in total. The Bertz CT molecular complexity index is 690. The van der Waals surface area contributed by atoms with Crippen LogP contribution in [0.3, 0.4) is 0 Å². The molecule has 0 aliphatic carbocycles. The number of carbonyl (C=O) groups is 1. The minimum atomic E-state index is 0.0954. The summed E-state index contributed by atoms with van der Waals surface area (Å²) in [7, 11) is 0. The third-order valence-corrected chi connectivity index (χ3v) is 4.35. The largest absolute Gasteiger partial charge is 0.335 e. The Balaban J connectivity index is 2.23. The first-order valence-electron chi connectivity index (χ1n) is 6.40. The van der Waals surface area contributed by atoms with Gasteiger partial charge in [0.05, 0.1) is 10.7 Å². The van der Waals surface area contributed by atoms with Crippen molar-refractivity contribution < 1.29 is 4.79 Å². The predicted octanol–water partition coefficient (Wildman–Crippen LogP) is 4.20. The lowest BCUT2D eigenvalue weighted by Gasteiger charge is -2.19. The number of ketones is 1. The monoisotopic (exact) mass is 269 g/mol. The highest BCUT2D eigenvalue weighted by Crippen LogP contribution is 2.49. The molecule has 3 rings (SSSR count). The molecular weight excluding hydrogens is 254 g/mol. The topological polar surface area (TPSA) is 20.3 Å². The van der Waals surface area contributed by atoms with E-state index in [9.17, 15) is 4.79 Å². The van der Waals surface area contributed by atoms with Crippen LogP contribution in [-0.4, -0.2) is 12.3 Å². The summed E-state index contributed by atoms with van der Waals surface area (Å²) >= 11 is 1.68. The van der Waals surface area contributed by atoms with Crippen molar-refractivity contribution in [2.75, 3.05) is 11.4 Å². The SMILES string of the molecule is CCN1/C(=C\C(C)=O)Sc2ccc3ccccc3c21. The Morgan fingerprint density at radius 2 is 2.05 bits per heavy atom. The summed E-state index contributed by atoms with van der Waals surface area (Å²) in [6, 6.07) is 12.7. The number of thioether (sulfide) groups is 1. The first kappa shape index (κ1) is 12.3. The summed E-state index contributed by atoms with van der Waals surface area (Å²) in [6.45, 7) is 4.58. The molecule has 96 valence electrons. The summed E-state index contributed by atoms with van der Waals surface area (Å²) in [5, 5.41) is 3.52. The van der Waals surface area contributed by atoms with E-state index in [2.05, 4.69) is 48.2 Å². The van der Waals surface area contributed by atoms with Gasteiger partial charge in [-0.15, -0.1) is 0 Å². The number of fused-ring (bicyclic) bond motifs is 3. The van der Waals surface area contributed by atoms with Crippen LogP contribution in [0.5, 0.6) is 0 Å². The summed E-state index contributed by atoms with van der Waals surface area (Å²) in [6.07, 6.45) is 1.73. The Morgan fingerprint density at radius 3 is 2.79 bits per heavy atom. The third kappa shape index (κ3) is 2.04. The fraction of sp³-hybridized carbons (Fsp3) is 0.188. The highest BCUT2D eigenvalue weighted by atomic mass is 32.2. The van der Waals surface area contributed by atoms with E-state index in [0.29, 0.717) is 0 Å². The maximum Gasteiger partial charge on any atom is 0.155 e. The van der Waals surface area contributed by atoms with Gasteiger partial charge in [-0.05, 0) is 25.3 Å². The van der Waals surface area contributed by atoms with Gasteiger partial charge < -0.3 is 4.90 Å². The van der Waals surface area contributed by atoms with Gasteiger partial charge in [0.25, 0.3) is 0 Å². The first-order chi connectivity index (χ1) is 9.20. The van der Waals surface area contributed by atoms with Gasteiger partial charge in [-0.1, -0.05) is 42.1 Å². The second-order valence-corrected chi connectivity index (χ2v) is 5.64. The lowest BCUT2D eigenvalue weighted by molar-refractivity contribution is -0.112. The third-order valence-electron chi connectivity index (χ3n) is 3.26. The van der Waals surface area contributed by atoms with Gasteiger partial charge in [0.1, 0.15) is 0 Å². The molecule has 1 aliphatic heterocycles. The van der Waals surface area contributed by atoms with Crippen LogP contribution >= 0.6 is 11.8 Å². The molecule has 2 aromatic carbocycles. The quantitative estimate of drug-likeness (QED) is 0.762. The van der Waals surface area contributed by atoms with Gasteiger partial charge in [0.2, 0.25) is 0 Å². The molecule has 0 atom stereocenters. The molecule has 0 saturated carbocycles. The zero-order chi connectivity index (χ0) is 13.4. The number of anilines is 1. The number of nitrogens with zero attached hydrogens (tertiary/aromatic N) is 1. The molecule has 0 N–H and O–H groups in total. The number of hydrogen-bond acceptors (Lipinski definition) is 3. The summed E-state index contributed by atoms with van der Waals surface area (Å²) in [5.74, 6) is 0.0954. The van der Waals surface area contributed by atoms with Crippen molar-refractivity contribution in [1.29, 1.82) is 0 Å². The lowest BCUT2D eigenvalue weighted by Crippen LogP contribution is -2.17. The van der Waals surface area contributed by atoms with Crippen molar-refractivity contribution in [3.8, 4) is 0 Å². The van der Waals surface area contributed by atoms with E-state index in [1.165, 1.54) is 21.4 Å². The molecule has 19 heavy (non-hydrogen) atoms. The maximum atomic E-state index is 11.4. The van der Waals surface area contributed by atoms with Crippen molar-refractivity contribution in [1.82, 2.24) is 0 Å². The zero-order valence-corrected chi connectivity index (χ0v) is 11.8. The molecule has 0 fully saturated rings. The van der Waals surface area contributed by atoms with E-state index >= 15 is 0 Å². The normalized spacial score (nSPS) is 16.1. The smallest absolute Gasteiger partial charge is 0.155 e. The minimum Gasteiger partial charge on any atom is -0.335 e. The number of allylic oxidation sites excluding steroid dienone is 1. The number of carbonyl (C=O) groups excluding carboxylic acids is 1. The lowest BCUT2D eigenvalue weighted by atomic mass is 10.1. The van der Waals surface area contributed by atoms with E-state index in [-0.39, 0.29) is 5.78 Å². The van der Waals surface area contributed by atoms with E-state index in [0.717, 1.165) is 11.6 Å². The molecule has 2 aromatic rings. The molecule has 1 heterocycles. The van der Waals surface area contributed by atoms with Gasteiger partial charge in [0.15, 0.2) is 5.78 Å². The fourth-order valence-electron chi connectivity index (χ4n) is 2.47. The van der Waals surface area contributed by atoms with Crippen LogP contribution < -0.4 is 4.90 Å². The molecule has 3 heteroatoms. The standard InChI is InChI=1S/C16H15NOS/c1-3-17-15(10-11(2)18)19-14-9-8-12-6-4-5-7-13(12)16(14)17/h4-10H,3H2,1-2H3/b15-10+. The molecule has 0 aromatic heterocycles. The summed E-state index contributed by atoms with van der Waals surface area (Å²) < 4.78 is 0. The molecule has 0 radical (unpaired) electrons. The number of rotatable bonds is 2. The predicted molar refractivity (Wildman–Crippen MR) is 81.6 cm³/mol. The van der Waals surface area contributed by atoms with Crippen molar-refractivity contribution in [2.24, 2.45) is 0 Å². The van der Waals surface area contributed by atoms with Crippen LogP contribution in [0.15, 0.2) is 52.4 Å². The van der Waals surface area contributed by atoms with Gasteiger partial charge in [-0.3, -0.25) is 4.79 Å². The zero-order valence-electron chi connectivity index (χ0n) is 11.0. The molecule has 0 unspecified atom stereocenters. The van der Waals surface area contributed by atoms with Crippen LogP contribution in [0, 0.1) is 0 Å². The van der Waals surface area contributed by atoms with Crippen molar-refractivity contribution in [3.05, 3.63) is 47.5 Å². The van der Waals surface area contributed by atoms with Gasteiger partial charge in [-0.25, -0.2) is 0 Å². The molecule has 0 spiro atoms. The van der Waals surface area contributed by atoms with E-state index in [4.69, 9.17) is 0 Å². The second-order valence-electron chi connectivity index (χ2n) is 4.57. The average Bonchev–Trinajstić information content (AvgIpc) is 2.75. The Hall–Kier alpha value is -1.74. The summed E-state index contributed by atoms with van der Waals surface area (Å²) in [4.78, 5) is 14.8. The molecule has 0 amide bonds. The van der Waals surface area contributed by atoms with Gasteiger partial charge in [-0.2, -0.15) is 0 Å². The van der Waals surface area contributed by atoms with Gasteiger partial charge in [0, 0.05) is 22.9 Å². The van der Waals surface area contributed by atoms with Crippen LogP contribution in [-0.2, 0) is 4.79 Å². The van der Waals surface area contributed by atoms with Crippen LogP contribution in [0.4, 0.5) is 5.69 Å². The van der Waals surface area contributed by atoms with Crippen molar-refractivity contribution >= 4 is 34.0 Å². The fourth-order valence-corrected chi connectivity index (χ4v) is 3.70. The maximum absolute atomic E-state index is 11.4. The van der Waals surface area contributed by atoms with Crippen LogP contribution in [0.25, 0.3) is 10.8 Å². The van der Waals surface area contributed by atoms with E-state index in [1.807, 2.05) is 0 Å². The number of benzene rings is 2. The highest BCUT2D eigenvalue weighted by molar-refractivity contribution is 8.03.